The summed E-state index contributed by atoms with van der Waals surface area (Å²) in [6.45, 7) is 9.32. The highest BCUT2D eigenvalue weighted by Crippen LogP contribution is 2.18. The number of allylic oxidation sites excluding steroid dienone is 2. The van der Waals surface area contributed by atoms with E-state index < -0.39 is 0 Å². The maximum atomic E-state index is 4.21. The SMILES string of the molecule is C=NN(C(=C)/C=C\C)c1cc(I)ccn1. The van der Waals surface area contributed by atoms with E-state index in [2.05, 4.69) is 46.0 Å². The van der Waals surface area contributed by atoms with Crippen LogP contribution in [0.2, 0.25) is 0 Å². The second kappa shape index (κ2) is 5.65. The minimum atomic E-state index is 0.722. The predicted molar refractivity (Wildman–Crippen MR) is 72.9 cm³/mol. The summed E-state index contributed by atoms with van der Waals surface area (Å²) in [5.41, 5.74) is 0.738. The number of hydrogen-bond acceptors (Lipinski definition) is 3. The standard InChI is InChI=1S/C11H12IN3/c1-4-5-9(2)15(13-3)11-8-10(12)6-7-14-11/h4-8H,2-3H2,1H3/b5-4-. The maximum Gasteiger partial charge on any atom is 0.154 e. The summed E-state index contributed by atoms with van der Waals surface area (Å²) in [6, 6.07) is 3.84. The van der Waals surface area contributed by atoms with Crippen molar-refractivity contribution in [2.24, 2.45) is 5.10 Å². The number of nitrogens with zero attached hydrogens (tertiary/aromatic N) is 3. The molecule has 0 atom stereocenters. The van der Waals surface area contributed by atoms with Gasteiger partial charge < -0.3 is 0 Å². The van der Waals surface area contributed by atoms with E-state index in [0.717, 1.165) is 15.1 Å². The molecule has 0 saturated heterocycles. The summed E-state index contributed by atoms with van der Waals surface area (Å²) in [6.07, 6.45) is 5.49. The van der Waals surface area contributed by atoms with Crippen LogP contribution in [0.5, 0.6) is 0 Å². The van der Waals surface area contributed by atoms with Crippen LogP contribution in [0.1, 0.15) is 6.92 Å². The third-order valence-corrected chi connectivity index (χ3v) is 2.37. The van der Waals surface area contributed by atoms with Crippen molar-refractivity contribution in [1.82, 2.24) is 4.98 Å². The Labute approximate surface area is 103 Å². The van der Waals surface area contributed by atoms with Crippen LogP contribution in [0.3, 0.4) is 0 Å². The first-order valence-electron chi connectivity index (χ1n) is 4.39. The Morgan fingerprint density at radius 2 is 2.40 bits per heavy atom. The van der Waals surface area contributed by atoms with E-state index in [1.165, 1.54) is 0 Å². The van der Waals surface area contributed by atoms with E-state index in [1.807, 2.05) is 31.2 Å². The van der Waals surface area contributed by atoms with Crippen LogP contribution >= 0.6 is 22.6 Å². The Kier molecular flexibility index (Phi) is 4.48. The zero-order valence-electron chi connectivity index (χ0n) is 8.52. The first kappa shape index (κ1) is 11.9. The lowest BCUT2D eigenvalue weighted by atomic mass is 10.4. The highest BCUT2D eigenvalue weighted by molar-refractivity contribution is 14.1. The van der Waals surface area contributed by atoms with Crippen molar-refractivity contribution in [2.45, 2.75) is 6.92 Å². The van der Waals surface area contributed by atoms with Gasteiger partial charge in [0.15, 0.2) is 5.82 Å². The van der Waals surface area contributed by atoms with E-state index in [4.69, 9.17) is 0 Å². The average molecular weight is 313 g/mol. The van der Waals surface area contributed by atoms with Crippen molar-refractivity contribution in [2.75, 3.05) is 5.01 Å². The quantitative estimate of drug-likeness (QED) is 0.370. The van der Waals surface area contributed by atoms with Crippen LogP contribution in [-0.4, -0.2) is 11.7 Å². The molecule has 0 aliphatic carbocycles. The van der Waals surface area contributed by atoms with Gasteiger partial charge >= 0.3 is 0 Å². The normalized spacial score (nSPS) is 10.3. The molecule has 0 spiro atoms. The van der Waals surface area contributed by atoms with E-state index in [0.29, 0.717) is 0 Å². The summed E-state index contributed by atoms with van der Waals surface area (Å²) in [7, 11) is 0. The van der Waals surface area contributed by atoms with Gasteiger partial charge in [-0.2, -0.15) is 5.10 Å². The molecule has 0 amide bonds. The largest absolute Gasteiger partial charge is 0.237 e. The molecule has 0 unspecified atom stereocenters. The molecule has 0 aliphatic heterocycles. The average Bonchev–Trinajstić information content (AvgIpc) is 2.19. The van der Waals surface area contributed by atoms with Crippen LogP contribution in [-0.2, 0) is 0 Å². The first-order valence-corrected chi connectivity index (χ1v) is 5.47. The third kappa shape index (κ3) is 3.16. The molecule has 0 aliphatic rings. The van der Waals surface area contributed by atoms with Crippen LogP contribution in [0.25, 0.3) is 0 Å². The van der Waals surface area contributed by atoms with Crippen LogP contribution in [0.4, 0.5) is 5.82 Å². The molecule has 15 heavy (non-hydrogen) atoms. The number of halogens is 1. The van der Waals surface area contributed by atoms with Gasteiger partial charge in [0.05, 0.1) is 5.70 Å². The molecule has 0 bridgehead atoms. The number of rotatable bonds is 4. The van der Waals surface area contributed by atoms with Gasteiger partial charge in [-0.05, 0) is 47.7 Å². The number of anilines is 1. The van der Waals surface area contributed by atoms with Crippen LogP contribution < -0.4 is 5.01 Å². The van der Waals surface area contributed by atoms with Gasteiger partial charge in [0.1, 0.15) is 0 Å². The van der Waals surface area contributed by atoms with Crippen molar-refractivity contribution in [3.63, 3.8) is 0 Å². The lowest BCUT2D eigenvalue weighted by Crippen LogP contribution is -2.14. The Morgan fingerprint density at radius 1 is 1.67 bits per heavy atom. The fraction of sp³-hybridized carbons (Fsp3) is 0.0909. The molecule has 0 N–H and O–H groups in total. The minimum absolute atomic E-state index is 0.722. The van der Waals surface area contributed by atoms with Crippen molar-refractivity contribution >= 4 is 35.1 Å². The topological polar surface area (TPSA) is 28.5 Å². The van der Waals surface area contributed by atoms with Crippen molar-refractivity contribution in [1.29, 1.82) is 0 Å². The summed E-state index contributed by atoms with van der Waals surface area (Å²) in [5, 5.41) is 5.48. The van der Waals surface area contributed by atoms with E-state index in [1.54, 1.807) is 11.2 Å². The molecular formula is C11H12IN3. The van der Waals surface area contributed by atoms with Crippen molar-refractivity contribution in [3.05, 3.63) is 46.3 Å². The molecule has 1 aromatic rings. The molecule has 0 fully saturated rings. The van der Waals surface area contributed by atoms with Gasteiger partial charge in [-0.15, -0.1) is 0 Å². The molecule has 78 valence electrons. The Bertz CT molecular complexity index is 399. The molecule has 0 aromatic carbocycles. The Balaban J connectivity index is 3.02. The van der Waals surface area contributed by atoms with Crippen molar-refractivity contribution in [3.8, 4) is 0 Å². The van der Waals surface area contributed by atoms with Gasteiger partial charge in [0, 0.05) is 16.5 Å². The molecule has 4 heteroatoms. The van der Waals surface area contributed by atoms with E-state index >= 15 is 0 Å². The number of hydrogen-bond donors (Lipinski definition) is 0. The lowest BCUT2D eigenvalue weighted by Gasteiger charge is -2.17. The number of hydrazone groups is 1. The predicted octanol–water partition coefficient (Wildman–Crippen LogP) is 3.20. The third-order valence-electron chi connectivity index (χ3n) is 1.70. The number of aromatic nitrogens is 1. The number of pyridine rings is 1. The highest BCUT2D eigenvalue weighted by atomic mass is 127. The lowest BCUT2D eigenvalue weighted by molar-refractivity contribution is 0.999. The zero-order valence-corrected chi connectivity index (χ0v) is 10.7. The summed E-state index contributed by atoms with van der Waals surface area (Å²) in [4.78, 5) is 4.21. The minimum Gasteiger partial charge on any atom is -0.237 e. The molecular weight excluding hydrogens is 301 g/mol. The molecule has 3 nitrogen and oxygen atoms in total. The molecule has 0 radical (unpaired) electrons. The fourth-order valence-electron chi connectivity index (χ4n) is 1.08. The van der Waals surface area contributed by atoms with Crippen LogP contribution in [0.15, 0.2) is 47.9 Å². The molecule has 1 aromatic heterocycles. The highest BCUT2D eigenvalue weighted by Gasteiger charge is 2.07. The zero-order chi connectivity index (χ0) is 11.3. The van der Waals surface area contributed by atoms with Gasteiger partial charge in [0.25, 0.3) is 0 Å². The molecule has 1 heterocycles. The molecule has 0 saturated carbocycles. The summed E-state index contributed by atoms with van der Waals surface area (Å²) < 4.78 is 1.10. The molecule has 1 rings (SSSR count). The Hall–Kier alpha value is -1.17. The first-order chi connectivity index (χ1) is 7.19. The second-order valence-electron chi connectivity index (χ2n) is 2.78. The smallest absolute Gasteiger partial charge is 0.154 e. The van der Waals surface area contributed by atoms with Crippen molar-refractivity contribution < 1.29 is 0 Å². The monoisotopic (exact) mass is 313 g/mol. The second-order valence-corrected chi connectivity index (χ2v) is 4.02. The Morgan fingerprint density at radius 3 is 2.93 bits per heavy atom. The van der Waals surface area contributed by atoms with E-state index in [-0.39, 0.29) is 0 Å². The van der Waals surface area contributed by atoms with Gasteiger partial charge in [-0.1, -0.05) is 12.7 Å². The van der Waals surface area contributed by atoms with Gasteiger partial charge in [-0.25, -0.2) is 9.99 Å². The summed E-state index contributed by atoms with van der Waals surface area (Å²) in [5.74, 6) is 0.722. The fourth-order valence-corrected chi connectivity index (χ4v) is 1.52. The summed E-state index contributed by atoms with van der Waals surface area (Å²) >= 11 is 2.22. The van der Waals surface area contributed by atoms with Crippen LogP contribution in [0, 0.1) is 3.57 Å². The maximum absolute atomic E-state index is 4.21. The van der Waals surface area contributed by atoms with Gasteiger partial charge in [-0.3, -0.25) is 0 Å². The van der Waals surface area contributed by atoms with Gasteiger partial charge in [0.2, 0.25) is 0 Å². The van der Waals surface area contributed by atoms with E-state index in [9.17, 15) is 0 Å².